The molecule has 0 amide bonds. The molecule has 0 saturated heterocycles. The summed E-state index contributed by atoms with van der Waals surface area (Å²) < 4.78 is 0. The molecule has 3 N–H and O–H groups in total. The molecular weight excluding hydrogens is 250 g/mol. The zero-order valence-corrected chi connectivity index (χ0v) is 12.8. The Labute approximate surface area is 121 Å². The van der Waals surface area contributed by atoms with Crippen LogP contribution in [0, 0.1) is 6.92 Å². The third kappa shape index (κ3) is 3.04. The molecule has 20 heavy (non-hydrogen) atoms. The number of nitrogens with two attached hydrogens (primary N) is 1. The van der Waals surface area contributed by atoms with Gasteiger partial charge < -0.3 is 10.4 Å². The highest BCUT2D eigenvalue weighted by atomic mass is 16.4. The van der Waals surface area contributed by atoms with Gasteiger partial charge in [-0.1, -0.05) is 24.5 Å². The molecule has 2 unspecified atom stereocenters. The molecule has 0 bridgehead atoms. The van der Waals surface area contributed by atoms with Crippen molar-refractivity contribution in [3.05, 3.63) is 29.3 Å². The van der Waals surface area contributed by atoms with Crippen LogP contribution in [-0.4, -0.2) is 17.1 Å². The van der Waals surface area contributed by atoms with Crippen molar-refractivity contribution in [2.75, 3.05) is 0 Å². The van der Waals surface area contributed by atoms with Crippen molar-refractivity contribution >= 4 is 11.7 Å². The molecule has 2 rings (SSSR count). The molecule has 1 heterocycles. The first-order chi connectivity index (χ1) is 9.43. The van der Waals surface area contributed by atoms with E-state index in [0.29, 0.717) is 12.5 Å². The molecule has 3 nitrogen and oxygen atoms in total. The number of carboxylic acid groups (broad SMARTS) is 1. The molecule has 0 aliphatic carbocycles. The number of hydrogen-bond donors (Lipinski definition) is 2. The molecule has 1 aromatic rings. The monoisotopic (exact) mass is 276 g/mol. The second-order valence-corrected chi connectivity index (χ2v) is 6.42. The maximum Gasteiger partial charge on any atom is 0.303 e. The topological polar surface area (TPSA) is 53.9 Å². The van der Waals surface area contributed by atoms with Crippen LogP contribution >= 0.6 is 0 Å². The minimum absolute atomic E-state index is 0.213. The normalized spacial score (nSPS) is 24.6. The van der Waals surface area contributed by atoms with E-state index < -0.39 is 5.97 Å². The van der Waals surface area contributed by atoms with Gasteiger partial charge in [-0.3, -0.25) is 4.79 Å². The first-order valence-corrected chi connectivity index (χ1v) is 7.61. The van der Waals surface area contributed by atoms with Gasteiger partial charge in [0.05, 0.1) is 11.5 Å². The lowest BCUT2D eigenvalue weighted by atomic mass is 9.75. The van der Waals surface area contributed by atoms with Crippen LogP contribution < -0.4 is 5.32 Å². The first-order valence-electron chi connectivity index (χ1n) is 7.61. The van der Waals surface area contributed by atoms with Gasteiger partial charge in [0.2, 0.25) is 0 Å². The number of quaternary nitrogens is 1. The maximum absolute atomic E-state index is 10.5. The standard InChI is InChI=1S/C17H25NO2/c1-12-8-9-15-14(11-12)17(3,13(2)18-15)10-6-4-5-7-16(19)20/h8-9,11,13,18H,4-7,10H2,1-3H3,(H,19,20)/p+1. The van der Waals surface area contributed by atoms with Gasteiger partial charge in [-0.2, -0.15) is 0 Å². The van der Waals surface area contributed by atoms with E-state index in [9.17, 15) is 4.79 Å². The SMILES string of the molecule is Cc1ccc2c(c1)C(C)(CCCCCC(=O)O)C(C)[NH2+]2. The Morgan fingerprint density at radius 1 is 1.35 bits per heavy atom. The molecule has 110 valence electrons. The van der Waals surface area contributed by atoms with Crippen LogP contribution in [0.25, 0.3) is 0 Å². The molecule has 0 saturated carbocycles. The Kier molecular flexibility index (Phi) is 4.48. The molecule has 1 aromatic carbocycles. The summed E-state index contributed by atoms with van der Waals surface area (Å²) in [6.45, 7) is 6.81. The van der Waals surface area contributed by atoms with Crippen LogP contribution in [0.3, 0.4) is 0 Å². The van der Waals surface area contributed by atoms with Gasteiger partial charge in [0.15, 0.2) is 0 Å². The van der Waals surface area contributed by atoms with Crippen LogP contribution in [0.2, 0.25) is 0 Å². The van der Waals surface area contributed by atoms with Crippen molar-refractivity contribution in [3.63, 3.8) is 0 Å². The second-order valence-electron chi connectivity index (χ2n) is 6.42. The van der Waals surface area contributed by atoms with Crippen molar-refractivity contribution in [3.8, 4) is 0 Å². The average molecular weight is 276 g/mol. The number of unbranched alkanes of at least 4 members (excludes halogenated alkanes) is 2. The molecule has 0 fully saturated rings. The summed E-state index contributed by atoms with van der Waals surface area (Å²) in [5, 5.41) is 11.1. The number of fused-ring (bicyclic) bond motifs is 1. The van der Waals surface area contributed by atoms with Gasteiger partial charge in [0.1, 0.15) is 5.69 Å². The lowest BCUT2D eigenvalue weighted by Crippen LogP contribution is -2.83. The largest absolute Gasteiger partial charge is 0.481 e. The number of hydrogen-bond acceptors (Lipinski definition) is 1. The lowest BCUT2D eigenvalue weighted by Gasteiger charge is -2.26. The fourth-order valence-electron chi connectivity index (χ4n) is 3.32. The lowest BCUT2D eigenvalue weighted by molar-refractivity contribution is -0.605. The van der Waals surface area contributed by atoms with Gasteiger partial charge in [0.25, 0.3) is 0 Å². The molecule has 0 aromatic heterocycles. The molecule has 3 heteroatoms. The zero-order valence-electron chi connectivity index (χ0n) is 12.8. The van der Waals surface area contributed by atoms with E-state index in [1.165, 1.54) is 16.8 Å². The number of rotatable bonds is 6. The van der Waals surface area contributed by atoms with Crippen LogP contribution in [0.15, 0.2) is 18.2 Å². The predicted molar refractivity (Wildman–Crippen MR) is 80.3 cm³/mol. The molecule has 1 aliphatic rings. The maximum atomic E-state index is 10.5. The zero-order chi connectivity index (χ0) is 14.8. The quantitative estimate of drug-likeness (QED) is 0.620. The molecular formula is C17H26NO2+. The number of aliphatic carboxylic acids is 1. The number of carboxylic acids is 1. The summed E-state index contributed by atoms with van der Waals surface area (Å²) in [5.74, 6) is -0.681. The van der Waals surface area contributed by atoms with E-state index in [2.05, 4.69) is 44.3 Å². The second kappa shape index (κ2) is 5.96. The fourth-order valence-corrected chi connectivity index (χ4v) is 3.32. The van der Waals surface area contributed by atoms with E-state index in [1.807, 2.05) is 0 Å². The van der Waals surface area contributed by atoms with Crippen LogP contribution in [0.1, 0.15) is 57.1 Å². The third-order valence-corrected chi connectivity index (χ3v) is 4.85. The van der Waals surface area contributed by atoms with Crippen molar-refractivity contribution < 1.29 is 15.2 Å². The van der Waals surface area contributed by atoms with Crippen molar-refractivity contribution in [2.45, 2.75) is 64.3 Å². The summed E-state index contributed by atoms with van der Waals surface area (Å²) in [7, 11) is 0. The van der Waals surface area contributed by atoms with E-state index in [4.69, 9.17) is 5.11 Å². The van der Waals surface area contributed by atoms with Crippen LogP contribution in [0.5, 0.6) is 0 Å². The summed E-state index contributed by atoms with van der Waals surface area (Å²) in [6.07, 6.45) is 4.35. The Balaban J connectivity index is 1.99. The van der Waals surface area contributed by atoms with Gasteiger partial charge in [0, 0.05) is 12.0 Å². The Bertz CT molecular complexity index is 498. The molecule has 0 radical (unpaired) electrons. The summed E-state index contributed by atoms with van der Waals surface area (Å²) >= 11 is 0. The van der Waals surface area contributed by atoms with Crippen LogP contribution in [-0.2, 0) is 10.2 Å². The fraction of sp³-hybridized carbons (Fsp3) is 0.588. The minimum atomic E-state index is -0.681. The van der Waals surface area contributed by atoms with Gasteiger partial charge in [-0.25, -0.2) is 0 Å². The van der Waals surface area contributed by atoms with Crippen molar-refractivity contribution in [1.82, 2.24) is 0 Å². The highest BCUT2D eigenvalue weighted by Crippen LogP contribution is 2.39. The van der Waals surface area contributed by atoms with E-state index in [1.54, 1.807) is 0 Å². The summed E-state index contributed by atoms with van der Waals surface area (Å²) in [5.41, 5.74) is 4.40. The first kappa shape index (κ1) is 15.0. The average Bonchev–Trinajstić information content (AvgIpc) is 2.62. The highest BCUT2D eigenvalue weighted by molar-refractivity contribution is 5.66. The van der Waals surface area contributed by atoms with Gasteiger partial charge >= 0.3 is 5.97 Å². The Morgan fingerprint density at radius 2 is 2.10 bits per heavy atom. The van der Waals surface area contributed by atoms with Crippen molar-refractivity contribution in [2.24, 2.45) is 0 Å². The highest BCUT2D eigenvalue weighted by Gasteiger charge is 2.43. The third-order valence-electron chi connectivity index (χ3n) is 4.85. The van der Waals surface area contributed by atoms with Crippen molar-refractivity contribution in [1.29, 1.82) is 0 Å². The van der Waals surface area contributed by atoms with E-state index >= 15 is 0 Å². The summed E-state index contributed by atoms with van der Waals surface area (Å²) in [4.78, 5) is 10.5. The van der Waals surface area contributed by atoms with Crippen LogP contribution in [0.4, 0.5) is 5.69 Å². The Hall–Kier alpha value is -1.35. The van der Waals surface area contributed by atoms with Gasteiger partial charge in [-0.15, -0.1) is 0 Å². The Morgan fingerprint density at radius 3 is 2.80 bits per heavy atom. The van der Waals surface area contributed by atoms with E-state index in [-0.39, 0.29) is 5.41 Å². The van der Waals surface area contributed by atoms with E-state index in [0.717, 1.165) is 25.7 Å². The smallest absolute Gasteiger partial charge is 0.303 e. The van der Waals surface area contributed by atoms with Gasteiger partial charge in [-0.05, 0) is 45.7 Å². The molecule has 0 spiro atoms. The number of carbonyl (C=O) groups is 1. The predicted octanol–water partition coefficient (Wildman–Crippen LogP) is 2.88. The number of aryl methyl sites for hydroxylation is 1. The number of benzene rings is 1. The molecule has 1 aliphatic heterocycles. The minimum Gasteiger partial charge on any atom is -0.481 e. The molecule has 2 atom stereocenters. The summed E-state index contributed by atoms with van der Waals surface area (Å²) in [6, 6.07) is 7.29.